The molecule has 5 N–H and O–H groups in total. The maximum atomic E-state index is 12.5. The third-order valence-electron chi connectivity index (χ3n) is 9.04. The Morgan fingerprint density at radius 3 is 1.86 bits per heavy atom. The summed E-state index contributed by atoms with van der Waals surface area (Å²) in [4.78, 5) is 59.4. The zero-order chi connectivity index (χ0) is 32.5. The number of carbonyl (C=O) groups excluding carboxylic acids is 2. The summed E-state index contributed by atoms with van der Waals surface area (Å²) in [5, 5.41) is 21.9. The summed E-state index contributed by atoms with van der Waals surface area (Å²) in [6.45, 7) is 11.6. The Morgan fingerprint density at radius 1 is 0.886 bits per heavy atom. The number of thiol groups is 1. The van der Waals surface area contributed by atoms with Crippen molar-refractivity contribution in [1.82, 2.24) is 15.3 Å². The average molecular weight is 623 g/mol. The van der Waals surface area contributed by atoms with Crippen LogP contribution < -0.4 is 5.32 Å². The summed E-state index contributed by atoms with van der Waals surface area (Å²) in [5.41, 5.74) is 11.2. The minimum atomic E-state index is -0.897. The fraction of sp³-hybridized carbons (Fsp3) is 0.485. The van der Waals surface area contributed by atoms with E-state index in [1.807, 2.05) is 41.5 Å². The highest BCUT2D eigenvalue weighted by Gasteiger charge is 2.32. The van der Waals surface area contributed by atoms with E-state index in [4.69, 9.17) is 0 Å². The molecule has 0 aromatic carbocycles. The second-order valence-electron chi connectivity index (χ2n) is 11.8. The molecule has 1 unspecified atom stereocenters. The fourth-order valence-corrected chi connectivity index (χ4v) is 6.90. The number of carbonyl (C=O) groups is 4. The Kier molecular flexibility index (Phi) is 10.1. The molecule has 236 valence electrons. The number of aromatic amines is 2. The van der Waals surface area contributed by atoms with E-state index >= 15 is 0 Å². The number of hydrogen-bond acceptors (Lipinski definition) is 5. The van der Waals surface area contributed by atoms with Crippen LogP contribution >= 0.6 is 12.6 Å². The number of aliphatic carboxylic acids is 2. The van der Waals surface area contributed by atoms with Crippen molar-refractivity contribution in [3.63, 3.8) is 0 Å². The summed E-state index contributed by atoms with van der Waals surface area (Å²) < 4.78 is 0. The van der Waals surface area contributed by atoms with Crippen molar-refractivity contribution in [2.45, 2.75) is 98.2 Å². The number of amides is 2. The van der Waals surface area contributed by atoms with Gasteiger partial charge in [-0.25, -0.2) is 4.99 Å². The second-order valence-corrected chi connectivity index (χ2v) is 12.6. The molecule has 11 heteroatoms. The Hall–Kier alpha value is -3.86. The molecule has 4 rings (SSSR count). The van der Waals surface area contributed by atoms with Crippen molar-refractivity contribution in [1.29, 1.82) is 0 Å². The van der Waals surface area contributed by atoms with E-state index in [0.29, 0.717) is 49.8 Å². The van der Waals surface area contributed by atoms with E-state index in [1.165, 1.54) is 0 Å². The van der Waals surface area contributed by atoms with Gasteiger partial charge in [0.15, 0.2) is 0 Å². The largest absolute Gasteiger partial charge is 0.481 e. The highest BCUT2D eigenvalue weighted by atomic mass is 32.1. The SMILES string of the molecule is CCC1=C(C)C(Cc2[nH]c(Cc3[nH]c(CC4=C([C@H](C)S)C(C)C(=O)N4)c(C)c3CCC(=O)O)c(CCC(=O)O)c2C)=NC1=O. The lowest BCUT2D eigenvalue weighted by Crippen LogP contribution is -2.21. The number of carboxylic acids is 2. The van der Waals surface area contributed by atoms with E-state index in [0.717, 1.165) is 61.9 Å². The van der Waals surface area contributed by atoms with Crippen molar-refractivity contribution in [2.24, 2.45) is 10.9 Å². The zero-order valence-corrected chi connectivity index (χ0v) is 27.1. The molecule has 0 fully saturated rings. The number of aliphatic imine (C=N–C) groups is 1. The van der Waals surface area contributed by atoms with Gasteiger partial charge in [-0.15, -0.1) is 0 Å². The standard InChI is InChI=1S/C33H42N4O6S/c1-7-20-15(2)25(36-33(20)43)12-23-16(3)21(8-10-29(38)39)26(34-23)14-27-22(9-11-30(40)41)17(4)24(35-27)13-28-31(19(6)44)18(5)32(42)37-28/h18-19,34-35,44H,7-14H2,1-6H3,(H,37,42)(H,38,39)(H,40,41)/t18?,19-/m0/s1. The molecule has 0 aliphatic carbocycles. The minimum Gasteiger partial charge on any atom is -0.481 e. The number of rotatable bonds is 14. The van der Waals surface area contributed by atoms with Gasteiger partial charge in [0.25, 0.3) is 5.91 Å². The number of aromatic nitrogens is 2. The van der Waals surface area contributed by atoms with Crippen molar-refractivity contribution in [3.05, 3.63) is 67.4 Å². The summed E-state index contributed by atoms with van der Waals surface area (Å²) in [7, 11) is 0. The molecule has 2 aromatic rings. The average Bonchev–Trinajstić information content (AvgIpc) is 3.59. The molecule has 10 nitrogen and oxygen atoms in total. The van der Waals surface area contributed by atoms with Crippen molar-refractivity contribution in [3.8, 4) is 0 Å². The maximum Gasteiger partial charge on any atom is 0.303 e. The van der Waals surface area contributed by atoms with E-state index in [9.17, 15) is 29.4 Å². The number of H-pyrrole nitrogens is 2. The van der Waals surface area contributed by atoms with E-state index in [2.05, 4.69) is 32.9 Å². The van der Waals surface area contributed by atoms with Gasteiger partial charge >= 0.3 is 11.9 Å². The van der Waals surface area contributed by atoms with Crippen LogP contribution in [0.5, 0.6) is 0 Å². The van der Waals surface area contributed by atoms with Crippen LogP contribution in [0, 0.1) is 19.8 Å². The number of nitrogens with zero attached hydrogens (tertiary/aromatic N) is 1. The summed E-state index contributed by atoms with van der Waals surface area (Å²) in [6.07, 6.45) is 2.45. The first-order valence-electron chi connectivity index (χ1n) is 15.1. The van der Waals surface area contributed by atoms with Gasteiger partial charge in [-0.05, 0) is 87.3 Å². The molecular formula is C33H42N4O6S. The van der Waals surface area contributed by atoms with Gasteiger partial charge in [-0.3, -0.25) is 19.2 Å². The molecule has 0 saturated heterocycles. The summed E-state index contributed by atoms with van der Waals surface area (Å²) in [6, 6.07) is 0. The molecular weight excluding hydrogens is 580 g/mol. The van der Waals surface area contributed by atoms with Crippen LogP contribution in [0.3, 0.4) is 0 Å². The number of carboxylic acid groups (broad SMARTS) is 2. The van der Waals surface area contributed by atoms with Gasteiger partial charge in [-0.1, -0.05) is 6.92 Å². The van der Waals surface area contributed by atoms with Crippen molar-refractivity contribution < 1.29 is 29.4 Å². The summed E-state index contributed by atoms with van der Waals surface area (Å²) >= 11 is 4.61. The van der Waals surface area contributed by atoms with Crippen LogP contribution in [0.2, 0.25) is 0 Å². The molecule has 0 spiro atoms. The molecule has 2 aliphatic rings. The van der Waals surface area contributed by atoms with E-state index in [1.54, 1.807) is 0 Å². The van der Waals surface area contributed by atoms with Gasteiger partial charge in [0, 0.05) is 71.4 Å². The first-order chi connectivity index (χ1) is 20.7. The Labute approximate surface area is 262 Å². The predicted octanol–water partition coefficient (Wildman–Crippen LogP) is 4.72. The topological polar surface area (TPSA) is 165 Å². The highest BCUT2D eigenvalue weighted by molar-refractivity contribution is 7.81. The molecule has 0 saturated carbocycles. The van der Waals surface area contributed by atoms with Crippen LogP contribution in [0.25, 0.3) is 0 Å². The monoisotopic (exact) mass is 622 g/mol. The Morgan fingerprint density at radius 2 is 1.41 bits per heavy atom. The lowest BCUT2D eigenvalue weighted by molar-refractivity contribution is -0.138. The van der Waals surface area contributed by atoms with Crippen molar-refractivity contribution in [2.75, 3.05) is 0 Å². The van der Waals surface area contributed by atoms with Gasteiger partial charge in [0.05, 0.1) is 11.6 Å². The lowest BCUT2D eigenvalue weighted by atomic mass is 9.96. The number of hydrogen-bond donors (Lipinski definition) is 6. The normalized spacial score (nSPS) is 17.5. The van der Waals surface area contributed by atoms with Gasteiger partial charge in [0.1, 0.15) is 0 Å². The van der Waals surface area contributed by atoms with Crippen LogP contribution in [0.15, 0.2) is 27.4 Å². The molecule has 2 aliphatic heterocycles. The first kappa shape index (κ1) is 33.0. The van der Waals surface area contributed by atoms with Crippen LogP contribution in [0.4, 0.5) is 0 Å². The number of allylic oxidation sites excluding steroid dienone is 2. The fourth-order valence-electron chi connectivity index (χ4n) is 6.53. The Balaban J connectivity index is 1.74. The second kappa shape index (κ2) is 13.4. The van der Waals surface area contributed by atoms with Gasteiger partial charge < -0.3 is 25.5 Å². The quantitative estimate of drug-likeness (QED) is 0.167. The highest BCUT2D eigenvalue weighted by Crippen LogP contribution is 2.33. The molecule has 44 heavy (non-hydrogen) atoms. The zero-order valence-electron chi connectivity index (χ0n) is 26.2. The molecule has 2 atom stereocenters. The van der Waals surface area contributed by atoms with E-state index in [-0.39, 0.29) is 35.8 Å². The third kappa shape index (κ3) is 6.77. The number of nitrogens with one attached hydrogen (secondary N) is 3. The van der Waals surface area contributed by atoms with Gasteiger partial charge in [0.2, 0.25) is 5.91 Å². The smallest absolute Gasteiger partial charge is 0.303 e. The van der Waals surface area contributed by atoms with Crippen LogP contribution in [-0.2, 0) is 51.3 Å². The first-order valence-corrected chi connectivity index (χ1v) is 15.6. The predicted molar refractivity (Wildman–Crippen MR) is 171 cm³/mol. The van der Waals surface area contributed by atoms with Crippen molar-refractivity contribution >= 4 is 42.1 Å². The van der Waals surface area contributed by atoms with Crippen LogP contribution in [-0.4, -0.2) is 54.9 Å². The molecule has 2 amide bonds. The van der Waals surface area contributed by atoms with Crippen LogP contribution in [0.1, 0.15) is 92.0 Å². The third-order valence-corrected chi connectivity index (χ3v) is 9.32. The minimum absolute atomic E-state index is 0.0406. The summed E-state index contributed by atoms with van der Waals surface area (Å²) in [5.74, 6) is -2.33. The molecule has 2 aromatic heterocycles. The molecule has 4 heterocycles. The van der Waals surface area contributed by atoms with E-state index < -0.39 is 11.9 Å². The maximum absolute atomic E-state index is 12.5. The molecule has 0 radical (unpaired) electrons. The Bertz CT molecular complexity index is 1620. The lowest BCUT2D eigenvalue weighted by Gasteiger charge is -2.12. The molecule has 0 bridgehead atoms. The van der Waals surface area contributed by atoms with Gasteiger partial charge in [-0.2, -0.15) is 12.6 Å².